The largest absolute Gasteiger partial charge is 0.478 e. The van der Waals surface area contributed by atoms with Gasteiger partial charge in [0.15, 0.2) is 0 Å². The summed E-state index contributed by atoms with van der Waals surface area (Å²) >= 11 is 0. The molecule has 0 aliphatic heterocycles. The van der Waals surface area contributed by atoms with Gasteiger partial charge in [0.2, 0.25) is 0 Å². The van der Waals surface area contributed by atoms with Gasteiger partial charge in [-0.3, -0.25) is 0 Å². The number of oxime groups is 1. The number of unbranched alkanes of at least 4 members (excludes halogenated alkanes) is 9. The van der Waals surface area contributed by atoms with Crippen molar-refractivity contribution in [1.29, 1.82) is 0 Å². The maximum absolute atomic E-state index is 10.8. The highest BCUT2D eigenvalue weighted by molar-refractivity contribution is 5.88. The van der Waals surface area contributed by atoms with E-state index in [0.717, 1.165) is 56.5 Å². The van der Waals surface area contributed by atoms with Crippen molar-refractivity contribution in [3.05, 3.63) is 29.8 Å². The summed E-state index contributed by atoms with van der Waals surface area (Å²) in [6.07, 6.45) is 15.3. The Morgan fingerprint density at radius 3 is 1.93 bits per heavy atom. The fraction of sp³-hybridized carbons (Fsp3) is 0.652. The quantitative estimate of drug-likeness (QED) is 0.119. The molecule has 5 nitrogen and oxygen atoms in total. The van der Waals surface area contributed by atoms with Crippen LogP contribution in [0.3, 0.4) is 0 Å². The normalized spacial score (nSPS) is 11.5. The number of carboxylic acids is 1. The summed E-state index contributed by atoms with van der Waals surface area (Å²) in [4.78, 5) is 10.8. The first-order valence-electron chi connectivity index (χ1n) is 10.9. The second-order valence-corrected chi connectivity index (χ2v) is 7.51. The molecular formula is C23H38N2O3. The van der Waals surface area contributed by atoms with Crippen LogP contribution in [0.4, 0.5) is 5.69 Å². The van der Waals surface area contributed by atoms with Crippen molar-refractivity contribution in [3.8, 4) is 0 Å². The molecule has 0 amide bonds. The van der Waals surface area contributed by atoms with Crippen LogP contribution in [0, 0.1) is 0 Å². The molecule has 0 fully saturated rings. The first kappa shape index (κ1) is 24.0. The smallest absolute Gasteiger partial charge is 0.335 e. The third-order valence-corrected chi connectivity index (χ3v) is 5.06. The van der Waals surface area contributed by atoms with Gasteiger partial charge in [0.25, 0.3) is 0 Å². The van der Waals surface area contributed by atoms with E-state index in [-0.39, 0.29) is 0 Å². The number of hydrogen-bond acceptors (Lipinski definition) is 4. The van der Waals surface area contributed by atoms with Gasteiger partial charge in [-0.15, -0.1) is 0 Å². The lowest BCUT2D eigenvalue weighted by Gasteiger charge is -2.07. The van der Waals surface area contributed by atoms with Crippen LogP contribution in [-0.4, -0.2) is 28.5 Å². The first-order chi connectivity index (χ1) is 13.7. The zero-order chi connectivity index (χ0) is 20.5. The van der Waals surface area contributed by atoms with Crippen LogP contribution in [0.1, 0.15) is 101 Å². The van der Waals surface area contributed by atoms with Crippen LogP contribution in [0.5, 0.6) is 0 Å². The Hall–Kier alpha value is -2.04. The second-order valence-electron chi connectivity index (χ2n) is 7.51. The van der Waals surface area contributed by atoms with Gasteiger partial charge >= 0.3 is 5.97 Å². The van der Waals surface area contributed by atoms with Crippen molar-refractivity contribution in [3.63, 3.8) is 0 Å². The predicted octanol–water partition coefficient (Wildman–Crippen LogP) is 6.72. The van der Waals surface area contributed by atoms with E-state index < -0.39 is 5.97 Å². The van der Waals surface area contributed by atoms with E-state index in [1.165, 1.54) is 44.9 Å². The fourth-order valence-corrected chi connectivity index (χ4v) is 3.28. The minimum absolute atomic E-state index is 0.304. The van der Waals surface area contributed by atoms with Crippen LogP contribution in [0.15, 0.2) is 29.4 Å². The Bertz CT molecular complexity index is 555. The summed E-state index contributed by atoms with van der Waals surface area (Å²) < 4.78 is 0. The molecular weight excluding hydrogens is 352 g/mol. The van der Waals surface area contributed by atoms with Gasteiger partial charge in [0, 0.05) is 12.2 Å². The maximum Gasteiger partial charge on any atom is 0.335 e. The number of benzene rings is 1. The van der Waals surface area contributed by atoms with E-state index in [2.05, 4.69) is 17.4 Å². The zero-order valence-electron chi connectivity index (χ0n) is 17.5. The Morgan fingerprint density at radius 1 is 0.857 bits per heavy atom. The Labute approximate surface area is 170 Å². The molecule has 1 aromatic rings. The third kappa shape index (κ3) is 11.6. The summed E-state index contributed by atoms with van der Waals surface area (Å²) in [6, 6.07) is 6.81. The number of carbonyl (C=O) groups is 1. The van der Waals surface area contributed by atoms with E-state index in [9.17, 15) is 10.0 Å². The molecule has 5 heteroatoms. The number of nitrogens with one attached hydrogen (secondary N) is 1. The molecule has 0 saturated heterocycles. The molecule has 28 heavy (non-hydrogen) atoms. The van der Waals surface area contributed by atoms with E-state index >= 15 is 0 Å². The number of rotatable bonds is 17. The molecule has 0 heterocycles. The molecule has 0 saturated carbocycles. The average molecular weight is 391 g/mol. The fourth-order valence-electron chi connectivity index (χ4n) is 3.28. The predicted molar refractivity (Wildman–Crippen MR) is 117 cm³/mol. The average Bonchev–Trinajstić information content (AvgIpc) is 2.71. The highest BCUT2D eigenvalue weighted by Gasteiger charge is 2.03. The third-order valence-electron chi connectivity index (χ3n) is 5.06. The highest BCUT2D eigenvalue weighted by atomic mass is 16.4. The van der Waals surface area contributed by atoms with Gasteiger partial charge in [-0.2, -0.15) is 0 Å². The molecule has 0 spiro atoms. The minimum Gasteiger partial charge on any atom is -0.478 e. The van der Waals surface area contributed by atoms with E-state index in [4.69, 9.17) is 5.11 Å². The van der Waals surface area contributed by atoms with Crippen molar-refractivity contribution in [2.24, 2.45) is 5.16 Å². The lowest BCUT2D eigenvalue weighted by molar-refractivity contribution is 0.0697. The van der Waals surface area contributed by atoms with E-state index in [1.807, 2.05) is 0 Å². The summed E-state index contributed by atoms with van der Waals surface area (Å²) in [5.41, 5.74) is 2.18. The van der Waals surface area contributed by atoms with Gasteiger partial charge in [-0.25, -0.2) is 4.79 Å². The van der Waals surface area contributed by atoms with E-state index in [0.29, 0.717) is 5.56 Å². The molecule has 0 atom stereocenters. The molecule has 0 bridgehead atoms. The molecule has 0 unspecified atom stereocenters. The minimum atomic E-state index is -0.903. The van der Waals surface area contributed by atoms with E-state index in [1.54, 1.807) is 24.3 Å². The van der Waals surface area contributed by atoms with Crippen molar-refractivity contribution in [2.75, 3.05) is 11.9 Å². The van der Waals surface area contributed by atoms with Gasteiger partial charge in [-0.05, 0) is 56.4 Å². The van der Waals surface area contributed by atoms with Crippen molar-refractivity contribution < 1.29 is 15.1 Å². The summed E-state index contributed by atoms with van der Waals surface area (Å²) in [5, 5.41) is 24.9. The standard InChI is InChI=1S/C23H38N2O3/c1-2-3-4-5-6-7-8-10-13-22(25-28)14-11-9-12-19-24-21-17-15-20(16-18-21)23(26)27/h15-18,24,28H,2-14,19H2,1H3,(H,26,27)/b25-22-. The summed E-state index contributed by atoms with van der Waals surface area (Å²) in [5.74, 6) is -0.903. The van der Waals surface area contributed by atoms with Gasteiger partial charge < -0.3 is 15.6 Å². The molecule has 3 N–H and O–H groups in total. The Balaban J connectivity index is 2.00. The van der Waals surface area contributed by atoms with Crippen LogP contribution < -0.4 is 5.32 Å². The number of carboxylic acid groups (broad SMARTS) is 1. The molecule has 0 radical (unpaired) electrons. The number of aromatic carboxylic acids is 1. The molecule has 0 aliphatic rings. The molecule has 1 aromatic carbocycles. The number of hydrogen-bond donors (Lipinski definition) is 3. The molecule has 0 aliphatic carbocycles. The van der Waals surface area contributed by atoms with Gasteiger partial charge in [0.1, 0.15) is 0 Å². The maximum atomic E-state index is 10.8. The van der Waals surface area contributed by atoms with Crippen LogP contribution in [0.2, 0.25) is 0 Å². The van der Waals surface area contributed by atoms with Crippen molar-refractivity contribution in [2.45, 2.75) is 90.4 Å². The van der Waals surface area contributed by atoms with Crippen molar-refractivity contribution in [1.82, 2.24) is 0 Å². The van der Waals surface area contributed by atoms with Gasteiger partial charge in [0.05, 0.1) is 11.3 Å². The lowest BCUT2D eigenvalue weighted by atomic mass is 10.0. The van der Waals surface area contributed by atoms with Crippen LogP contribution in [0.25, 0.3) is 0 Å². The first-order valence-corrected chi connectivity index (χ1v) is 10.9. The number of nitrogens with zero attached hydrogens (tertiary/aromatic N) is 1. The monoisotopic (exact) mass is 390 g/mol. The number of anilines is 1. The van der Waals surface area contributed by atoms with Crippen LogP contribution in [-0.2, 0) is 0 Å². The molecule has 0 aromatic heterocycles. The Kier molecular flexibility index (Phi) is 13.7. The molecule has 158 valence electrons. The zero-order valence-corrected chi connectivity index (χ0v) is 17.5. The van der Waals surface area contributed by atoms with Crippen molar-refractivity contribution >= 4 is 17.4 Å². The lowest BCUT2D eigenvalue weighted by Crippen LogP contribution is -2.03. The SMILES string of the molecule is CCCCCCCCCC/C(CCCCCNc1ccc(C(=O)O)cc1)=N/O. The Morgan fingerprint density at radius 2 is 1.39 bits per heavy atom. The van der Waals surface area contributed by atoms with Gasteiger partial charge in [-0.1, -0.05) is 63.4 Å². The summed E-state index contributed by atoms with van der Waals surface area (Å²) in [6.45, 7) is 3.10. The summed E-state index contributed by atoms with van der Waals surface area (Å²) in [7, 11) is 0. The molecule has 1 rings (SSSR count). The second kappa shape index (κ2) is 16.0. The highest BCUT2D eigenvalue weighted by Crippen LogP contribution is 2.13. The topological polar surface area (TPSA) is 81.9 Å². The van der Waals surface area contributed by atoms with Crippen LogP contribution >= 0.6 is 0 Å².